The lowest BCUT2D eigenvalue weighted by Gasteiger charge is -2.05. The molecule has 1 heterocycles. The highest BCUT2D eigenvalue weighted by Crippen LogP contribution is 1.93. The molecule has 6 nitrogen and oxygen atoms in total. The number of amides is 1. The second-order valence-corrected chi connectivity index (χ2v) is 2.81. The molecule has 6 heteroatoms. The SMILES string of the molecule is Cc1nccc(CNC(=O)OCCO)n1. The van der Waals surface area contributed by atoms with E-state index in [4.69, 9.17) is 5.11 Å². The number of aryl methyl sites for hydroxylation is 1. The van der Waals surface area contributed by atoms with Crippen molar-refractivity contribution in [2.45, 2.75) is 13.5 Å². The van der Waals surface area contributed by atoms with Crippen LogP contribution in [-0.2, 0) is 11.3 Å². The first kappa shape index (κ1) is 11.4. The third kappa shape index (κ3) is 4.37. The number of hydrogen-bond acceptors (Lipinski definition) is 5. The number of nitrogens with zero attached hydrogens (tertiary/aromatic N) is 2. The van der Waals surface area contributed by atoms with Gasteiger partial charge in [0.25, 0.3) is 0 Å². The summed E-state index contributed by atoms with van der Waals surface area (Å²) in [5.74, 6) is 0.651. The molecule has 0 spiro atoms. The molecule has 15 heavy (non-hydrogen) atoms. The number of aromatic nitrogens is 2. The highest BCUT2D eigenvalue weighted by Gasteiger charge is 2.01. The van der Waals surface area contributed by atoms with Gasteiger partial charge in [-0.1, -0.05) is 0 Å². The number of aliphatic hydroxyl groups excluding tert-OH is 1. The van der Waals surface area contributed by atoms with E-state index in [1.807, 2.05) is 0 Å². The van der Waals surface area contributed by atoms with E-state index in [9.17, 15) is 4.79 Å². The largest absolute Gasteiger partial charge is 0.447 e. The molecule has 1 aromatic rings. The Morgan fingerprint density at radius 2 is 2.47 bits per heavy atom. The van der Waals surface area contributed by atoms with Gasteiger partial charge in [0.05, 0.1) is 18.8 Å². The summed E-state index contributed by atoms with van der Waals surface area (Å²) in [6.07, 6.45) is 1.05. The third-order valence-electron chi connectivity index (χ3n) is 1.57. The minimum Gasteiger partial charge on any atom is -0.447 e. The van der Waals surface area contributed by atoms with Crippen LogP contribution >= 0.6 is 0 Å². The van der Waals surface area contributed by atoms with Gasteiger partial charge in [-0.2, -0.15) is 0 Å². The van der Waals surface area contributed by atoms with Crippen LogP contribution in [0.1, 0.15) is 11.5 Å². The van der Waals surface area contributed by atoms with E-state index in [2.05, 4.69) is 20.0 Å². The van der Waals surface area contributed by atoms with Crippen molar-refractivity contribution in [1.29, 1.82) is 0 Å². The lowest BCUT2D eigenvalue weighted by atomic mass is 10.4. The van der Waals surface area contributed by atoms with Gasteiger partial charge >= 0.3 is 6.09 Å². The zero-order valence-electron chi connectivity index (χ0n) is 8.43. The van der Waals surface area contributed by atoms with Gasteiger partial charge in [0, 0.05) is 6.20 Å². The van der Waals surface area contributed by atoms with Crippen molar-refractivity contribution in [2.75, 3.05) is 13.2 Å². The van der Waals surface area contributed by atoms with E-state index >= 15 is 0 Å². The number of aliphatic hydroxyl groups is 1. The Kier molecular flexibility index (Phi) is 4.49. The number of rotatable bonds is 4. The lowest BCUT2D eigenvalue weighted by molar-refractivity contribution is 0.118. The molecule has 0 atom stereocenters. The van der Waals surface area contributed by atoms with E-state index in [1.54, 1.807) is 19.2 Å². The Balaban J connectivity index is 2.33. The molecule has 0 aliphatic heterocycles. The van der Waals surface area contributed by atoms with Crippen LogP contribution in [-0.4, -0.2) is 34.4 Å². The molecule has 0 aliphatic carbocycles. The summed E-state index contributed by atoms with van der Waals surface area (Å²) in [4.78, 5) is 19.0. The number of carbonyl (C=O) groups excluding carboxylic acids is 1. The first-order valence-corrected chi connectivity index (χ1v) is 4.52. The molecular formula is C9H13N3O3. The van der Waals surface area contributed by atoms with Crippen LogP contribution in [0.3, 0.4) is 0 Å². The van der Waals surface area contributed by atoms with E-state index in [0.29, 0.717) is 11.5 Å². The molecular weight excluding hydrogens is 198 g/mol. The molecule has 0 unspecified atom stereocenters. The van der Waals surface area contributed by atoms with Crippen molar-refractivity contribution in [3.8, 4) is 0 Å². The first-order chi connectivity index (χ1) is 7.22. The fraction of sp³-hybridized carbons (Fsp3) is 0.444. The van der Waals surface area contributed by atoms with Crippen molar-refractivity contribution < 1.29 is 14.6 Å². The summed E-state index contributed by atoms with van der Waals surface area (Å²) in [6, 6.07) is 1.71. The van der Waals surface area contributed by atoms with E-state index < -0.39 is 6.09 Å². The lowest BCUT2D eigenvalue weighted by Crippen LogP contribution is -2.25. The van der Waals surface area contributed by atoms with Crippen LogP contribution < -0.4 is 5.32 Å². The highest BCUT2D eigenvalue weighted by atomic mass is 16.6. The maximum absolute atomic E-state index is 11.0. The van der Waals surface area contributed by atoms with Crippen LogP contribution in [0, 0.1) is 6.92 Å². The monoisotopic (exact) mass is 211 g/mol. The molecule has 82 valence electrons. The Morgan fingerprint density at radius 1 is 1.67 bits per heavy atom. The topological polar surface area (TPSA) is 84.3 Å². The van der Waals surface area contributed by atoms with Crippen LogP contribution in [0.4, 0.5) is 4.79 Å². The Morgan fingerprint density at radius 3 is 3.13 bits per heavy atom. The van der Waals surface area contributed by atoms with Crippen LogP contribution in [0.15, 0.2) is 12.3 Å². The number of hydrogen-bond donors (Lipinski definition) is 2. The second-order valence-electron chi connectivity index (χ2n) is 2.81. The summed E-state index contributed by atoms with van der Waals surface area (Å²) >= 11 is 0. The maximum atomic E-state index is 11.0. The van der Waals surface area contributed by atoms with Gasteiger partial charge in [-0.25, -0.2) is 14.8 Å². The molecule has 2 N–H and O–H groups in total. The summed E-state index contributed by atoms with van der Waals surface area (Å²) in [5.41, 5.74) is 0.712. The molecule has 0 aliphatic rings. The molecule has 0 saturated heterocycles. The minimum atomic E-state index is -0.569. The quantitative estimate of drug-likeness (QED) is 0.732. The molecule has 0 fully saturated rings. The number of alkyl carbamates (subject to hydrolysis) is 1. The number of carbonyl (C=O) groups is 1. The zero-order chi connectivity index (χ0) is 11.1. The van der Waals surface area contributed by atoms with Crippen molar-refractivity contribution in [3.63, 3.8) is 0 Å². The van der Waals surface area contributed by atoms with Gasteiger partial charge in [0.15, 0.2) is 0 Å². The Hall–Kier alpha value is -1.69. The standard InChI is InChI=1S/C9H13N3O3/c1-7-10-3-2-8(12-7)6-11-9(14)15-5-4-13/h2-3,13H,4-6H2,1H3,(H,11,14). The second kappa shape index (κ2) is 5.92. The number of nitrogens with one attached hydrogen (secondary N) is 1. The van der Waals surface area contributed by atoms with Gasteiger partial charge in [-0.3, -0.25) is 0 Å². The fourth-order valence-corrected chi connectivity index (χ4v) is 0.956. The zero-order valence-corrected chi connectivity index (χ0v) is 8.43. The van der Waals surface area contributed by atoms with Crippen molar-refractivity contribution in [1.82, 2.24) is 15.3 Å². The molecule has 1 amide bonds. The van der Waals surface area contributed by atoms with Crippen LogP contribution in [0.2, 0.25) is 0 Å². The summed E-state index contributed by atoms with van der Waals surface area (Å²) in [5, 5.41) is 10.9. The third-order valence-corrected chi connectivity index (χ3v) is 1.57. The van der Waals surface area contributed by atoms with Crippen LogP contribution in [0.25, 0.3) is 0 Å². The summed E-state index contributed by atoms with van der Waals surface area (Å²) in [6.45, 7) is 1.87. The number of ether oxygens (including phenoxy) is 1. The van der Waals surface area contributed by atoms with E-state index in [1.165, 1.54) is 0 Å². The predicted molar refractivity (Wildman–Crippen MR) is 52.0 cm³/mol. The predicted octanol–water partition coefficient (Wildman–Crippen LogP) is 0.00352. The van der Waals surface area contributed by atoms with E-state index in [0.717, 1.165) is 0 Å². The van der Waals surface area contributed by atoms with Gasteiger partial charge in [0.1, 0.15) is 12.4 Å². The van der Waals surface area contributed by atoms with Crippen molar-refractivity contribution >= 4 is 6.09 Å². The minimum absolute atomic E-state index is 0.00532. The summed E-state index contributed by atoms with van der Waals surface area (Å²) in [7, 11) is 0. The van der Waals surface area contributed by atoms with Crippen molar-refractivity contribution in [3.05, 3.63) is 23.8 Å². The van der Waals surface area contributed by atoms with Crippen molar-refractivity contribution in [2.24, 2.45) is 0 Å². The smallest absolute Gasteiger partial charge is 0.407 e. The normalized spacial score (nSPS) is 9.73. The van der Waals surface area contributed by atoms with Gasteiger partial charge in [-0.15, -0.1) is 0 Å². The van der Waals surface area contributed by atoms with Gasteiger partial charge in [-0.05, 0) is 13.0 Å². The highest BCUT2D eigenvalue weighted by molar-refractivity contribution is 5.67. The first-order valence-electron chi connectivity index (χ1n) is 4.52. The summed E-state index contributed by atoms with van der Waals surface area (Å²) < 4.78 is 4.60. The molecule has 0 radical (unpaired) electrons. The van der Waals surface area contributed by atoms with Crippen LogP contribution in [0.5, 0.6) is 0 Å². The Bertz CT molecular complexity index is 330. The fourth-order valence-electron chi connectivity index (χ4n) is 0.956. The molecule has 0 saturated carbocycles. The molecule has 1 rings (SSSR count). The average Bonchev–Trinajstić information content (AvgIpc) is 2.23. The van der Waals surface area contributed by atoms with E-state index in [-0.39, 0.29) is 19.8 Å². The molecule has 0 aromatic carbocycles. The molecule has 1 aromatic heterocycles. The maximum Gasteiger partial charge on any atom is 0.407 e. The Labute approximate surface area is 87.3 Å². The average molecular weight is 211 g/mol. The van der Waals surface area contributed by atoms with Gasteiger partial charge < -0.3 is 15.2 Å². The van der Waals surface area contributed by atoms with Gasteiger partial charge in [0.2, 0.25) is 0 Å². The molecule has 0 bridgehead atoms.